The Morgan fingerprint density at radius 1 is 1.11 bits per heavy atom. The minimum atomic E-state index is -3.44. The molecule has 3 heterocycles. The maximum Gasteiger partial charge on any atom is 0.244 e. The van der Waals surface area contributed by atoms with Crippen molar-refractivity contribution in [1.29, 1.82) is 0 Å². The Hall–Kier alpha value is -2.23. The van der Waals surface area contributed by atoms with Crippen LogP contribution in [-0.4, -0.2) is 40.9 Å². The Morgan fingerprint density at radius 3 is 2.54 bits per heavy atom. The molecule has 2 aromatic heterocycles. The number of rotatable bonds is 6. The van der Waals surface area contributed by atoms with Gasteiger partial charge in [0, 0.05) is 24.8 Å². The molecule has 1 aliphatic heterocycles. The van der Waals surface area contributed by atoms with E-state index in [1.807, 2.05) is 37.3 Å². The van der Waals surface area contributed by atoms with E-state index in [2.05, 4.69) is 15.1 Å². The summed E-state index contributed by atoms with van der Waals surface area (Å²) in [4.78, 5) is 9.00. The van der Waals surface area contributed by atoms with Gasteiger partial charge in [0.15, 0.2) is 0 Å². The van der Waals surface area contributed by atoms with Crippen LogP contribution in [0.1, 0.15) is 30.9 Å². The van der Waals surface area contributed by atoms with Crippen molar-refractivity contribution >= 4 is 21.8 Å². The van der Waals surface area contributed by atoms with Crippen LogP contribution in [0.25, 0.3) is 11.4 Å². The third kappa shape index (κ3) is 3.96. The van der Waals surface area contributed by atoms with Crippen LogP contribution >= 0.6 is 11.8 Å². The average molecular weight is 417 g/mol. The van der Waals surface area contributed by atoms with Crippen molar-refractivity contribution in [1.82, 2.24) is 19.4 Å². The highest BCUT2D eigenvalue weighted by molar-refractivity contribution is 7.99. The molecular weight excluding hydrogens is 396 g/mol. The molecule has 146 valence electrons. The van der Waals surface area contributed by atoms with Gasteiger partial charge in [0.1, 0.15) is 4.90 Å². The number of hydrogen-bond donors (Lipinski definition) is 0. The molecular formula is C19H20N4O3S2. The summed E-state index contributed by atoms with van der Waals surface area (Å²) in [6.45, 7) is 3.11. The van der Waals surface area contributed by atoms with E-state index >= 15 is 0 Å². The quantitative estimate of drug-likeness (QED) is 0.565. The predicted molar refractivity (Wildman–Crippen MR) is 106 cm³/mol. The van der Waals surface area contributed by atoms with Gasteiger partial charge in [0.2, 0.25) is 21.7 Å². The third-order valence-electron chi connectivity index (χ3n) is 4.53. The zero-order chi connectivity index (χ0) is 19.6. The summed E-state index contributed by atoms with van der Waals surface area (Å²) in [5, 5.41) is 4.62. The minimum absolute atomic E-state index is 0.112. The van der Waals surface area contributed by atoms with Crippen LogP contribution in [0.5, 0.6) is 0 Å². The Bertz CT molecular complexity index is 1030. The summed E-state index contributed by atoms with van der Waals surface area (Å²) in [6, 6.07) is 13.0. The molecule has 0 amide bonds. The Balaban J connectivity index is 1.45. The lowest BCUT2D eigenvalue weighted by Crippen LogP contribution is -2.27. The van der Waals surface area contributed by atoms with Crippen LogP contribution in [0.15, 0.2) is 63.1 Å². The number of pyridine rings is 1. The Labute approximate surface area is 168 Å². The molecule has 1 aliphatic rings. The SMILES string of the molecule is CC(Sc1ccc(S(=O)(=O)N2CCCC2)cn1)c1nc(-c2ccccc2)no1. The van der Waals surface area contributed by atoms with Crippen LogP contribution in [-0.2, 0) is 10.0 Å². The molecule has 1 saturated heterocycles. The average Bonchev–Trinajstić information content (AvgIpc) is 3.42. The Kier molecular flexibility index (Phi) is 5.47. The van der Waals surface area contributed by atoms with E-state index in [1.54, 1.807) is 12.1 Å². The van der Waals surface area contributed by atoms with Gasteiger partial charge in [-0.15, -0.1) is 0 Å². The molecule has 0 spiro atoms. The fourth-order valence-corrected chi connectivity index (χ4v) is 5.28. The fourth-order valence-electron chi connectivity index (χ4n) is 3.00. The number of hydrogen-bond acceptors (Lipinski definition) is 7. The third-order valence-corrected chi connectivity index (χ3v) is 7.45. The van der Waals surface area contributed by atoms with Crippen LogP contribution in [0.4, 0.5) is 0 Å². The van der Waals surface area contributed by atoms with Crippen molar-refractivity contribution in [3.05, 3.63) is 54.6 Å². The molecule has 1 aromatic carbocycles. The van der Waals surface area contributed by atoms with E-state index in [-0.39, 0.29) is 10.1 Å². The Morgan fingerprint density at radius 2 is 1.86 bits per heavy atom. The monoisotopic (exact) mass is 416 g/mol. The second kappa shape index (κ2) is 8.02. The first kappa shape index (κ1) is 19.1. The molecule has 0 saturated carbocycles. The zero-order valence-corrected chi connectivity index (χ0v) is 17.0. The maximum absolute atomic E-state index is 12.6. The van der Waals surface area contributed by atoms with Gasteiger partial charge in [-0.2, -0.15) is 9.29 Å². The summed E-state index contributed by atoms with van der Waals surface area (Å²) >= 11 is 1.44. The normalized spacial score (nSPS) is 16.3. The summed E-state index contributed by atoms with van der Waals surface area (Å²) < 4.78 is 32.0. The minimum Gasteiger partial charge on any atom is -0.338 e. The van der Waals surface area contributed by atoms with E-state index in [9.17, 15) is 8.42 Å². The first-order chi connectivity index (χ1) is 13.5. The van der Waals surface area contributed by atoms with Gasteiger partial charge in [-0.3, -0.25) is 0 Å². The number of aromatic nitrogens is 3. The van der Waals surface area contributed by atoms with Crippen LogP contribution in [0, 0.1) is 0 Å². The van der Waals surface area contributed by atoms with Crippen molar-refractivity contribution in [3.8, 4) is 11.4 Å². The first-order valence-corrected chi connectivity index (χ1v) is 11.4. The topological polar surface area (TPSA) is 89.2 Å². The van der Waals surface area contributed by atoms with Gasteiger partial charge < -0.3 is 4.52 Å². The van der Waals surface area contributed by atoms with Crippen molar-refractivity contribution in [2.45, 2.75) is 34.9 Å². The molecule has 0 radical (unpaired) electrons. The second-order valence-corrected chi connectivity index (χ2v) is 9.82. The molecule has 9 heteroatoms. The smallest absolute Gasteiger partial charge is 0.244 e. The van der Waals surface area contributed by atoms with Crippen molar-refractivity contribution < 1.29 is 12.9 Å². The van der Waals surface area contributed by atoms with Crippen LogP contribution in [0.3, 0.4) is 0 Å². The van der Waals surface area contributed by atoms with Gasteiger partial charge in [-0.05, 0) is 31.9 Å². The predicted octanol–water partition coefficient (Wildman–Crippen LogP) is 3.77. The highest BCUT2D eigenvalue weighted by atomic mass is 32.2. The molecule has 0 N–H and O–H groups in total. The van der Waals surface area contributed by atoms with E-state index in [4.69, 9.17) is 4.52 Å². The lowest BCUT2D eigenvalue weighted by Gasteiger charge is -2.15. The van der Waals surface area contributed by atoms with Gasteiger partial charge in [-0.25, -0.2) is 13.4 Å². The van der Waals surface area contributed by atoms with Crippen molar-refractivity contribution in [3.63, 3.8) is 0 Å². The highest BCUT2D eigenvalue weighted by Gasteiger charge is 2.27. The van der Waals surface area contributed by atoms with E-state index in [1.165, 1.54) is 22.3 Å². The van der Waals surface area contributed by atoms with Crippen LogP contribution in [0.2, 0.25) is 0 Å². The van der Waals surface area contributed by atoms with Gasteiger partial charge in [-0.1, -0.05) is 47.3 Å². The molecule has 3 aromatic rings. The summed E-state index contributed by atoms with van der Waals surface area (Å²) in [5.74, 6) is 1.04. The van der Waals surface area contributed by atoms with E-state index < -0.39 is 10.0 Å². The lowest BCUT2D eigenvalue weighted by atomic mass is 10.2. The van der Waals surface area contributed by atoms with E-state index in [0.717, 1.165) is 18.4 Å². The van der Waals surface area contributed by atoms with Gasteiger partial charge in [0.05, 0.1) is 10.3 Å². The standard InChI is InChI=1S/C19H20N4O3S2/c1-14(19-21-18(22-26-19)15-7-3-2-4-8-15)27-17-10-9-16(13-20-17)28(24,25)23-11-5-6-12-23/h2-4,7-10,13-14H,5-6,11-12H2,1H3. The first-order valence-electron chi connectivity index (χ1n) is 9.06. The van der Waals surface area contributed by atoms with Gasteiger partial charge in [0.25, 0.3) is 0 Å². The van der Waals surface area contributed by atoms with Gasteiger partial charge >= 0.3 is 0 Å². The molecule has 4 rings (SSSR count). The molecule has 0 aliphatic carbocycles. The van der Waals surface area contributed by atoms with Crippen LogP contribution < -0.4 is 0 Å². The molecule has 1 fully saturated rings. The number of nitrogens with zero attached hydrogens (tertiary/aromatic N) is 4. The summed E-state index contributed by atoms with van der Waals surface area (Å²) in [7, 11) is -3.44. The van der Waals surface area contributed by atoms with E-state index in [0.29, 0.717) is 29.8 Å². The summed E-state index contributed by atoms with van der Waals surface area (Å²) in [5.41, 5.74) is 0.893. The zero-order valence-electron chi connectivity index (χ0n) is 15.4. The summed E-state index contributed by atoms with van der Waals surface area (Å²) in [6.07, 6.45) is 3.24. The molecule has 28 heavy (non-hydrogen) atoms. The molecule has 1 atom stereocenters. The van der Waals surface area contributed by atoms with Crippen molar-refractivity contribution in [2.24, 2.45) is 0 Å². The fraction of sp³-hybridized carbons (Fsp3) is 0.316. The number of benzene rings is 1. The number of sulfonamides is 1. The lowest BCUT2D eigenvalue weighted by molar-refractivity contribution is 0.380. The van der Waals surface area contributed by atoms with Crippen molar-refractivity contribution in [2.75, 3.05) is 13.1 Å². The molecule has 1 unspecified atom stereocenters. The molecule has 7 nitrogen and oxygen atoms in total. The second-order valence-electron chi connectivity index (χ2n) is 6.53. The number of thioether (sulfide) groups is 1. The molecule has 0 bridgehead atoms. The largest absolute Gasteiger partial charge is 0.338 e. The maximum atomic E-state index is 12.6. The highest BCUT2D eigenvalue weighted by Crippen LogP contribution is 2.34.